The van der Waals surface area contributed by atoms with E-state index in [1.807, 2.05) is 5.16 Å². The first-order valence-electron chi connectivity index (χ1n) is 3.79. The Morgan fingerprint density at radius 1 is 1.38 bits per heavy atom. The van der Waals surface area contributed by atoms with Crippen molar-refractivity contribution in [2.45, 2.75) is 6.18 Å². The topological polar surface area (TPSA) is 36.1 Å². The first-order valence-corrected chi connectivity index (χ1v) is 4.99. The van der Waals surface area contributed by atoms with Crippen LogP contribution in [0.2, 0.25) is 0 Å². The first-order chi connectivity index (χ1) is 7.40. The Morgan fingerprint density at radius 2 is 2.00 bits per heavy atom. The van der Waals surface area contributed by atoms with Crippen molar-refractivity contribution in [1.82, 2.24) is 0 Å². The average molecular weight is 307 g/mol. The van der Waals surface area contributed by atoms with Crippen molar-refractivity contribution in [3.8, 4) is 6.07 Å². The van der Waals surface area contributed by atoms with E-state index in [0.717, 1.165) is 6.07 Å². The Morgan fingerprint density at radius 3 is 2.44 bits per heavy atom. The lowest BCUT2D eigenvalue weighted by Gasteiger charge is -2.10. The molecule has 0 spiro atoms. The Labute approximate surface area is 103 Å². The van der Waals surface area contributed by atoms with E-state index in [2.05, 4.69) is 33.1 Å². The number of halogens is 4. The molecule has 0 aromatic heterocycles. The molecule has 0 aliphatic heterocycles. The molecule has 82 valence electrons. The van der Waals surface area contributed by atoms with Gasteiger partial charge in [-0.05, 0) is 40.3 Å². The lowest BCUT2D eigenvalue weighted by molar-refractivity contribution is -0.137. The molecule has 1 aromatic carbocycles. The minimum absolute atomic E-state index is 0.0521. The predicted molar refractivity (Wildman–Crippen MR) is 58.5 cm³/mol. The van der Waals surface area contributed by atoms with Crippen molar-refractivity contribution in [2.24, 2.45) is 4.99 Å². The molecule has 0 saturated heterocycles. The third-order valence-corrected chi connectivity index (χ3v) is 2.35. The van der Waals surface area contributed by atoms with E-state index in [1.165, 1.54) is 6.07 Å². The molecule has 1 rings (SSSR count). The van der Waals surface area contributed by atoms with Crippen LogP contribution in [0.15, 0.2) is 21.6 Å². The number of nitriles is 1. The number of rotatable bonds is 1. The standard InChI is InChI=1S/C9H2BrF3N2S/c10-7-2-5(3-14)1-6(9(11,12)13)8(7)15-4-16/h1-2H. The second kappa shape index (κ2) is 4.74. The van der Waals surface area contributed by atoms with Gasteiger partial charge in [0.2, 0.25) is 0 Å². The summed E-state index contributed by atoms with van der Waals surface area (Å²) in [6.45, 7) is 0. The normalized spacial score (nSPS) is 10.4. The molecule has 0 saturated carbocycles. The highest BCUT2D eigenvalue weighted by Gasteiger charge is 2.35. The van der Waals surface area contributed by atoms with Crippen LogP contribution >= 0.6 is 28.1 Å². The predicted octanol–water partition coefficient (Wildman–Crippen LogP) is 4.07. The second-order valence-electron chi connectivity index (χ2n) is 2.67. The Hall–Kier alpha value is -1.22. The summed E-state index contributed by atoms with van der Waals surface area (Å²) in [5.41, 5.74) is -1.50. The number of aliphatic imine (C=N–C) groups is 1. The lowest BCUT2D eigenvalue weighted by Crippen LogP contribution is -2.06. The zero-order chi connectivity index (χ0) is 12.3. The van der Waals surface area contributed by atoms with Gasteiger partial charge in [0.05, 0.1) is 22.4 Å². The van der Waals surface area contributed by atoms with Crippen molar-refractivity contribution in [3.63, 3.8) is 0 Å². The van der Waals surface area contributed by atoms with Crippen molar-refractivity contribution in [1.29, 1.82) is 5.26 Å². The fourth-order valence-corrected chi connectivity index (χ4v) is 1.68. The summed E-state index contributed by atoms with van der Waals surface area (Å²) in [4.78, 5) is 3.34. The minimum Gasteiger partial charge on any atom is -0.193 e. The summed E-state index contributed by atoms with van der Waals surface area (Å²) in [6, 6.07) is 3.59. The summed E-state index contributed by atoms with van der Waals surface area (Å²) >= 11 is 7.17. The fourth-order valence-electron chi connectivity index (χ4n) is 1.04. The molecule has 0 heterocycles. The molecule has 7 heteroatoms. The summed E-state index contributed by atoms with van der Waals surface area (Å²) in [5, 5.41) is 10.4. The van der Waals surface area contributed by atoms with Crippen LogP contribution in [0.3, 0.4) is 0 Å². The summed E-state index contributed by atoms with van der Waals surface area (Å²) < 4.78 is 37.9. The van der Waals surface area contributed by atoms with Gasteiger partial charge in [-0.1, -0.05) is 0 Å². The van der Waals surface area contributed by atoms with Gasteiger partial charge in [-0.2, -0.15) is 23.4 Å². The molecule has 0 fully saturated rings. The molecule has 0 atom stereocenters. The third-order valence-electron chi connectivity index (χ3n) is 1.66. The molecule has 0 aliphatic rings. The fraction of sp³-hybridized carbons (Fsp3) is 0.111. The summed E-state index contributed by atoms with van der Waals surface area (Å²) in [7, 11) is 0. The number of isothiocyanates is 1. The van der Waals surface area contributed by atoms with Crippen LogP contribution in [-0.2, 0) is 6.18 Å². The van der Waals surface area contributed by atoms with Crippen LogP contribution in [0.25, 0.3) is 0 Å². The average Bonchev–Trinajstić information content (AvgIpc) is 2.19. The highest BCUT2D eigenvalue weighted by atomic mass is 79.9. The van der Waals surface area contributed by atoms with Crippen LogP contribution in [0, 0.1) is 11.3 Å². The molecule has 0 radical (unpaired) electrons. The number of hydrogen-bond acceptors (Lipinski definition) is 3. The van der Waals surface area contributed by atoms with Gasteiger partial charge in [0.1, 0.15) is 5.69 Å². The number of nitrogens with zero attached hydrogens (tertiary/aromatic N) is 2. The molecule has 16 heavy (non-hydrogen) atoms. The molecular weight excluding hydrogens is 305 g/mol. The van der Waals surface area contributed by atoms with Crippen LogP contribution in [0.4, 0.5) is 18.9 Å². The number of benzene rings is 1. The van der Waals surface area contributed by atoms with Gasteiger partial charge in [-0.15, -0.1) is 0 Å². The van der Waals surface area contributed by atoms with Gasteiger partial charge < -0.3 is 0 Å². The maximum Gasteiger partial charge on any atom is 0.418 e. The van der Waals surface area contributed by atoms with Gasteiger partial charge in [-0.3, -0.25) is 0 Å². The zero-order valence-electron chi connectivity index (χ0n) is 7.47. The van der Waals surface area contributed by atoms with Crippen molar-refractivity contribution < 1.29 is 13.2 Å². The van der Waals surface area contributed by atoms with E-state index in [4.69, 9.17) is 5.26 Å². The Bertz CT molecular complexity index is 513. The van der Waals surface area contributed by atoms with Crippen molar-refractivity contribution in [2.75, 3.05) is 0 Å². The largest absolute Gasteiger partial charge is 0.418 e. The molecule has 1 aromatic rings. The Kier molecular flexibility index (Phi) is 3.81. The van der Waals surface area contributed by atoms with E-state index in [9.17, 15) is 13.2 Å². The molecule has 0 amide bonds. The van der Waals surface area contributed by atoms with Gasteiger partial charge in [0.25, 0.3) is 0 Å². The monoisotopic (exact) mass is 306 g/mol. The zero-order valence-corrected chi connectivity index (χ0v) is 9.87. The van der Waals surface area contributed by atoms with Crippen LogP contribution < -0.4 is 0 Å². The van der Waals surface area contributed by atoms with Gasteiger partial charge >= 0.3 is 6.18 Å². The van der Waals surface area contributed by atoms with E-state index in [-0.39, 0.29) is 15.7 Å². The molecular formula is C9H2BrF3N2S. The summed E-state index contributed by atoms with van der Waals surface area (Å²) in [6.07, 6.45) is -4.60. The SMILES string of the molecule is N#Cc1cc(Br)c(N=C=S)c(C(F)(F)F)c1. The number of hydrogen-bond donors (Lipinski definition) is 0. The van der Waals surface area contributed by atoms with Crippen molar-refractivity contribution >= 4 is 39.0 Å². The highest BCUT2D eigenvalue weighted by molar-refractivity contribution is 9.10. The molecule has 0 unspecified atom stereocenters. The maximum atomic E-state index is 12.6. The molecule has 2 nitrogen and oxygen atoms in total. The first kappa shape index (κ1) is 12.8. The quantitative estimate of drug-likeness (QED) is 0.579. The number of thiocarbonyl (C=S) groups is 1. The van der Waals surface area contributed by atoms with E-state index in [1.54, 1.807) is 6.07 Å². The van der Waals surface area contributed by atoms with Crippen LogP contribution in [0.5, 0.6) is 0 Å². The van der Waals surface area contributed by atoms with Gasteiger partial charge in [-0.25, -0.2) is 0 Å². The lowest BCUT2D eigenvalue weighted by atomic mass is 10.1. The highest BCUT2D eigenvalue weighted by Crippen LogP contribution is 2.41. The maximum absolute atomic E-state index is 12.6. The van der Waals surface area contributed by atoms with Crippen LogP contribution in [-0.4, -0.2) is 5.16 Å². The van der Waals surface area contributed by atoms with E-state index < -0.39 is 11.7 Å². The molecule has 0 aliphatic carbocycles. The minimum atomic E-state index is -4.60. The molecule has 0 bridgehead atoms. The second-order valence-corrected chi connectivity index (χ2v) is 3.70. The Balaban J connectivity index is 3.61. The number of alkyl halides is 3. The van der Waals surface area contributed by atoms with Crippen LogP contribution in [0.1, 0.15) is 11.1 Å². The van der Waals surface area contributed by atoms with Gasteiger partial charge in [0.15, 0.2) is 0 Å². The van der Waals surface area contributed by atoms with E-state index >= 15 is 0 Å². The van der Waals surface area contributed by atoms with Gasteiger partial charge in [0, 0.05) is 4.47 Å². The third kappa shape index (κ3) is 2.67. The van der Waals surface area contributed by atoms with Crippen molar-refractivity contribution in [3.05, 3.63) is 27.7 Å². The van der Waals surface area contributed by atoms with E-state index in [0.29, 0.717) is 0 Å². The summed E-state index contributed by atoms with van der Waals surface area (Å²) in [5.74, 6) is 0. The molecule has 0 N–H and O–H groups in total. The smallest absolute Gasteiger partial charge is 0.193 e.